The van der Waals surface area contributed by atoms with Gasteiger partial charge >= 0.3 is 0 Å². The fourth-order valence-electron chi connectivity index (χ4n) is 1.93. The molecule has 0 amide bonds. The van der Waals surface area contributed by atoms with Crippen LogP contribution in [0.3, 0.4) is 0 Å². The van der Waals surface area contributed by atoms with Crippen LogP contribution in [-0.2, 0) is 5.60 Å². The summed E-state index contributed by atoms with van der Waals surface area (Å²) in [5, 5.41) is 19.3. The van der Waals surface area contributed by atoms with Crippen molar-refractivity contribution in [2.75, 3.05) is 0 Å². The van der Waals surface area contributed by atoms with E-state index in [2.05, 4.69) is 0 Å². The second-order valence-electron chi connectivity index (χ2n) is 4.73. The molecular weight excluding hydrogens is 241 g/mol. The summed E-state index contributed by atoms with van der Waals surface area (Å²) in [6, 6.07) is 13.3. The molecule has 0 spiro atoms. The lowest BCUT2D eigenvalue weighted by Gasteiger charge is -2.25. The third kappa shape index (κ3) is 2.49. The molecule has 96 valence electrons. The fraction of sp³-hybridized carbons (Fsp3) is 0.188. The summed E-state index contributed by atoms with van der Waals surface area (Å²) in [5.41, 5.74) is 0.881. The number of hydrogen-bond donors (Lipinski definition) is 1. The first-order valence-electron chi connectivity index (χ1n) is 5.95. The van der Waals surface area contributed by atoms with Crippen molar-refractivity contribution in [3.05, 3.63) is 70.5 Å². The number of nitrogens with zero attached hydrogens (tertiary/aromatic N) is 1. The average Bonchev–Trinajstić information content (AvgIpc) is 2.41. The molecule has 19 heavy (non-hydrogen) atoms. The zero-order valence-electron chi connectivity index (χ0n) is 10.8. The first kappa shape index (κ1) is 13.3. The van der Waals surface area contributed by atoms with Crippen molar-refractivity contribution < 1.29 is 9.50 Å². The predicted molar refractivity (Wildman–Crippen MR) is 71.0 cm³/mol. The summed E-state index contributed by atoms with van der Waals surface area (Å²) in [7, 11) is 0. The van der Waals surface area contributed by atoms with E-state index in [1.165, 1.54) is 6.07 Å². The van der Waals surface area contributed by atoms with Gasteiger partial charge in [0.25, 0.3) is 0 Å². The molecule has 2 nitrogen and oxygen atoms in total. The van der Waals surface area contributed by atoms with E-state index < -0.39 is 5.60 Å². The molecule has 2 rings (SSSR count). The summed E-state index contributed by atoms with van der Waals surface area (Å²) < 4.78 is 13.6. The Hall–Kier alpha value is -2.18. The van der Waals surface area contributed by atoms with Crippen molar-refractivity contribution in [1.82, 2.24) is 0 Å². The minimum absolute atomic E-state index is 0.341. The van der Waals surface area contributed by atoms with E-state index >= 15 is 0 Å². The van der Waals surface area contributed by atoms with Crippen LogP contribution in [0, 0.1) is 24.1 Å². The van der Waals surface area contributed by atoms with E-state index in [-0.39, 0.29) is 5.82 Å². The Morgan fingerprint density at radius 1 is 1.11 bits per heavy atom. The highest BCUT2D eigenvalue weighted by atomic mass is 19.1. The number of hydrogen-bond acceptors (Lipinski definition) is 2. The van der Waals surface area contributed by atoms with Crippen LogP contribution in [0.2, 0.25) is 0 Å². The number of nitriles is 1. The van der Waals surface area contributed by atoms with Gasteiger partial charge in [0.1, 0.15) is 11.4 Å². The molecule has 0 aliphatic carbocycles. The van der Waals surface area contributed by atoms with Crippen LogP contribution in [0.4, 0.5) is 4.39 Å². The summed E-state index contributed by atoms with van der Waals surface area (Å²) in [4.78, 5) is 0. The molecule has 1 N–H and O–H groups in total. The van der Waals surface area contributed by atoms with E-state index in [1.807, 2.05) is 6.07 Å². The Labute approximate surface area is 111 Å². The van der Waals surface area contributed by atoms with Gasteiger partial charge in [0.05, 0.1) is 11.6 Å². The lowest BCUT2D eigenvalue weighted by Crippen LogP contribution is -2.23. The molecule has 0 bridgehead atoms. The van der Waals surface area contributed by atoms with Gasteiger partial charge in [-0.25, -0.2) is 4.39 Å². The molecular formula is C16H14FNO. The quantitative estimate of drug-likeness (QED) is 0.895. The number of benzene rings is 2. The second kappa shape index (κ2) is 4.83. The molecule has 0 saturated carbocycles. The lowest BCUT2D eigenvalue weighted by atomic mass is 9.87. The largest absolute Gasteiger partial charge is 0.381 e. The molecule has 0 aliphatic heterocycles. The lowest BCUT2D eigenvalue weighted by molar-refractivity contribution is 0.102. The Morgan fingerprint density at radius 3 is 2.21 bits per heavy atom. The second-order valence-corrected chi connectivity index (χ2v) is 4.73. The highest BCUT2D eigenvalue weighted by Crippen LogP contribution is 2.30. The summed E-state index contributed by atoms with van der Waals surface area (Å²) in [5.74, 6) is -0.341. The third-order valence-electron chi connectivity index (χ3n) is 3.31. The number of aliphatic hydroxyl groups is 1. The van der Waals surface area contributed by atoms with Crippen molar-refractivity contribution in [2.24, 2.45) is 0 Å². The van der Waals surface area contributed by atoms with E-state index in [1.54, 1.807) is 50.2 Å². The van der Waals surface area contributed by atoms with Gasteiger partial charge in [-0.15, -0.1) is 0 Å². The van der Waals surface area contributed by atoms with Crippen LogP contribution in [-0.4, -0.2) is 5.11 Å². The Bertz CT molecular complexity index is 639. The maximum Gasteiger partial charge on any atom is 0.126 e. The summed E-state index contributed by atoms with van der Waals surface area (Å²) in [6.07, 6.45) is 0. The van der Waals surface area contributed by atoms with Gasteiger partial charge in [-0.1, -0.05) is 24.3 Å². The smallest absolute Gasteiger partial charge is 0.126 e. The zero-order valence-corrected chi connectivity index (χ0v) is 10.8. The van der Waals surface area contributed by atoms with Crippen molar-refractivity contribution in [3.63, 3.8) is 0 Å². The molecule has 0 radical (unpaired) electrons. The summed E-state index contributed by atoms with van der Waals surface area (Å²) >= 11 is 0. The Balaban J connectivity index is 2.45. The average molecular weight is 255 g/mol. The minimum atomic E-state index is -1.29. The van der Waals surface area contributed by atoms with Crippen LogP contribution in [0.25, 0.3) is 0 Å². The summed E-state index contributed by atoms with van der Waals surface area (Å²) in [6.45, 7) is 3.29. The maximum atomic E-state index is 13.6. The molecule has 3 heteroatoms. The molecule has 0 aliphatic rings. The fourth-order valence-corrected chi connectivity index (χ4v) is 1.93. The van der Waals surface area contributed by atoms with Crippen molar-refractivity contribution in [3.8, 4) is 6.07 Å². The van der Waals surface area contributed by atoms with E-state index in [0.717, 1.165) is 0 Å². The normalized spacial score (nSPS) is 13.6. The van der Waals surface area contributed by atoms with Gasteiger partial charge in [0.15, 0.2) is 0 Å². The van der Waals surface area contributed by atoms with Crippen LogP contribution in [0.5, 0.6) is 0 Å². The molecule has 0 heterocycles. The first-order valence-corrected chi connectivity index (χ1v) is 5.95. The van der Waals surface area contributed by atoms with Gasteiger partial charge in [0, 0.05) is 0 Å². The Kier molecular flexibility index (Phi) is 3.37. The molecule has 1 unspecified atom stereocenters. The molecule has 1 atom stereocenters. The maximum absolute atomic E-state index is 13.6. The van der Waals surface area contributed by atoms with Gasteiger partial charge in [-0.3, -0.25) is 0 Å². The molecule has 0 fully saturated rings. The monoisotopic (exact) mass is 255 g/mol. The van der Waals surface area contributed by atoms with Crippen LogP contribution >= 0.6 is 0 Å². The van der Waals surface area contributed by atoms with Crippen LogP contribution in [0.15, 0.2) is 42.5 Å². The van der Waals surface area contributed by atoms with Crippen molar-refractivity contribution >= 4 is 0 Å². The molecule has 2 aromatic rings. The topological polar surface area (TPSA) is 44.0 Å². The standard InChI is InChI=1S/C16H14FNO/c1-11-3-6-14(9-15(11)17)16(2,19)13-7-4-12(10-18)5-8-13/h3-9,19H,1-2H3. The molecule has 0 saturated heterocycles. The number of aryl methyl sites for hydroxylation is 1. The van der Waals surface area contributed by atoms with Gasteiger partial charge < -0.3 is 5.11 Å². The Morgan fingerprint density at radius 2 is 1.68 bits per heavy atom. The highest BCUT2D eigenvalue weighted by molar-refractivity contribution is 5.40. The number of rotatable bonds is 2. The van der Waals surface area contributed by atoms with Gasteiger partial charge in [-0.05, 0) is 48.7 Å². The number of halogens is 1. The van der Waals surface area contributed by atoms with Crippen LogP contribution < -0.4 is 0 Å². The van der Waals surface area contributed by atoms with E-state index in [9.17, 15) is 9.50 Å². The van der Waals surface area contributed by atoms with Gasteiger partial charge in [-0.2, -0.15) is 5.26 Å². The third-order valence-corrected chi connectivity index (χ3v) is 3.31. The van der Waals surface area contributed by atoms with Crippen LogP contribution in [0.1, 0.15) is 29.2 Å². The van der Waals surface area contributed by atoms with Crippen molar-refractivity contribution in [2.45, 2.75) is 19.4 Å². The zero-order chi connectivity index (χ0) is 14.0. The SMILES string of the molecule is Cc1ccc(C(C)(O)c2ccc(C#N)cc2)cc1F. The van der Waals surface area contributed by atoms with Gasteiger partial charge in [0.2, 0.25) is 0 Å². The van der Waals surface area contributed by atoms with E-state index in [0.29, 0.717) is 22.3 Å². The van der Waals surface area contributed by atoms with Crippen molar-refractivity contribution in [1.29, 1.82) is 5.26 Å². The predicted octanol–water partition coefficient (Wildman–Crippen LogP) is 3.26. The first-order chi connectivity index (χ1) is 8.95. The molecule has 0 aromatic heterocycles. The minimum Gasteiger partial charge on any atom is -0.381 e. The van der Waals surface area contributed by atoms with E-state index in [4.69, 9.17) is 5.26 Å². The highest BCUT2D eigenvalue weighted by Gasteiger charge is 2.26. The molecule has 2 aromatic carbocycles.